The molecule has 1 rings (SSSR count). The van der Waals surface area contributed by atoms with Crippen molar-refractivity contribution in [1.29, 1.82) is 0 Å². The molecule has 0 spiro atoms. The molecular weight excluding hydrogens is 301 g/mol. The minimum absolute atomic E-state index is 0.115. The van der Waals surface area contributed by atoms with E-state index in [9.17, 15) is 9.36 Å². The summed E-state index contributed by atoms with van der Waals surface area (Å²) in [6, 6.07) is 7.54. The summed E-state index contributed by atoms with van der Waals surface area (Å²) >= 11 is 0. The van der Waals surface area contributed by atoms with Crippen molar-refractivity contribution >= 4 is 13.4 Å². The van der Waals surface area contributed by atoms with Gasteiger partial charge in [0.1, 0.15) is 5.78 Å². The first-order chi connectivity index (χ1) is 10.4. The van der Waals surface area contributed by atoms with Gasteiger partial charge in [0.2, 0.25) is 0 Å². The zero-order chi connectivity index (χ0) is 16.6. The second-order valence-corrected chi connectivity index (χ2v) is 7.13. The van der Waals surface area contributed by atoms with Crippen LogP contribution >= 0.6 is 7.60 Å². The van der Waals surface area contributed by atoms with Crippen LogP contribution in [0.15, 0.2) is 24.3 Å². The molecule has 0 heterocycles. The van der Waals surface area contributed by atoms with Gasteiger partial charge in [0.05, 0.1) is 25.4 Å². The highest BCUT2D eigenvalue weighted by atomic mass is 31.2. The molecule has 6 heteroatoms. The van der Waals surface area contributed by atoms with Crippen molar-refractivity contribution < 1.29 is 18.4 Å². The Labute approximate surface area is 132 Å². The molecule has 0 amide bonds. The Morgan fingerprint density at radius 3 is 2.05 bits per heavy atom. The van der Waals surface area contributed by atoms with Gasteiger partial charge < -0.3 is 14.4 Å². The van der Waals surface area contributed by atoms with Crippen molar-refractivity contribution in [1.82, 2.24) is 5.32 Å². The molecule has 0 aliphatic heterocycles. The van der Waals surface area contributed by atoms with Crippen molar-refractivity contribution in [3.63, 3.8) is 0 Å². The Bertz CT molecular complexity index is 505. The normalized spacial score (nSPS) is 13.1. The molecule has 124 valence electrons. The summed E-state index contributed by atoms with van der Waals surface area (Å²) in [5.74, 6) is 0.115. The summed E-state index contributed by atoms with van der Waals surface area (Å²) in [5, 5.41) is 3.00. The maximum atomic E-state index is 12.5. The van der Waals surface area contributed by atoms with Crippen molar-refractivity contribution in [2.75, 3.05) is 20.3 Å². The molecule has 1 atom stereocenters. The van der Waals surface area contributed by atoms with Crippen molar-refractivity contribution in [2.45, 2.75) is 39.4 Å². The lowest BCUT2D eigenvalue weighted by atomic mass is 10.0. The standard InChI is InChI=1S/C16H26NO4P/c1-5-20-22(19,21-6-2)12-15-9-7-14(8-10-15)11-16(17-4)13(3)18/h7-10,16-17H,5-6,11-12H2,1-4H3. The minimum atomic E-state index is -3.07. The van der Waals surface area contributed by atoms with Gasteiger partial charge in [-0.05, 0) is 45.4 Å². The van der Waals surface area contributed by atoms with Crippen molar-refractivity contribution in [2.24, 2.45) is 0 Å². The van der Waals surface area contributed by atoms with E-state index >= 15 is 0 Å². The zero-order valence-electron chi connectivity index (χ0n) is 13.8. The van der Waals surface area contributed by atoms with Crippen LogP contribution in [0.1, 0.15) is 31.9 Å². The molecule has 1 N–H and O–H groups in total. The predicted molar refractivity (Wildman–Crippen MR) is 88.2 cm³/mol. The topological polar surface area (TPSA) is 64.6 Å². The van der Waals surface area contributed by atoms with Gasteiger partial charge >= 0.3 is 7.60 Å². The monoisotopic (exact) mass is 327 g/mol. The molecule has 22 heavy (non-hydrogen) atoms. The molecule has 1 aromatic rings. The first-order valence-electron chi connectivity index (χ1n) is 7.57. The number of likely N-dealkylation sites (N-methyl/N-ethyl adjacent to an activating group) is 1. The fourth-order valence-electron chi connectivity index (χ4n) is 2.21. The SMILES string of the molecule is CCOP(=O)(Cc1ccc(CC(NC)C(C)=O)cc1)OCC. The minimum Gasteiger partial charge on any atom is -0.310 e. The average Bonchev–Trinajstić information content (AvgIpc) is 2.46. The van der Waals surface area contributed by atoms with Gasteiger partial charge in [0, 0.05) is 0 Å². The van der Waals surface area contributed by atoms with E-state index in [0.29, 0.717) is 19.6 Å². The molecule has 1 unspecified atom stereocenters. The summed E-state index contributed by atoms with van der Waals surface area (Å²) in [7, 11) is -1.29. The second kappa shape index (κ2) is 9.21. The average molecular weight is 327 g/mol. The zero-order valence-corrected chi connectivity index (χ0v) is 14.7. The van der Waals surface area contributed by atoms with E-state index in [0.717, 1.165) is 11.1 Å². The quantitative estimate of drug-likeness (QED) is 0.669. The van der Waals surface area contributed by atoms with Crippen LogP contribution in [0.2, 0.25) is 0 Å². The van der Waals surface area contributed by atoms with E-state index in [1.807, 2.05) is 24.3 Å². The second-order valence-electron chi connectivity index (χ2n) is 5.08. The van der Waals surface area contributed by atoms with Crippen LogP contribution < -0.4 is 5.32 Å². The van der Waals surface area contributed by atoms with Gasteiger partial charge in [-0.25, -0.2) is 0 Å². The third kappa shape index (κ3) is 6.01. The number of rotatable bonds is 10. The predicted octanol–water partition coefficient (Wildman–Crippen LogP) is 3.17. The molecule has 0 aromatic heterocycles. The Kier molecular flexibility index (Phi) is 7.97. The number of nitrogens with one attached hydrogen (secondary N) is 1. The molecule has 1 aromatic carbocycles. The Hall–Kier alpha value is -1.00. The van der Waals surface area contributed by atoms with Gasteiger partial charge in [-0.1, -0.05) is 24.3 Å². The van der Waals surface area contributed by atoms with Crippen molar-refractivity contribution in [3.05, 3.63) is 35.4 Å². The van der Waals surface area contributed by atoms with Gasteiger partial charge in [-0.15, -0.1) is 0 Å². The first kappa shape index (κ1) is 19.0. The van der Waals surface area contributed by atoms with Gasteiger partial charge in [-0.3, -0.25) is 9.36 Å². The van der Waals surface area contributed by atoms with Crippen LogP contribution in [0.3, 0.4) is 0 Å². The Morgan fingerprint density at radius 2 is 1.64 bits per heavy atom. The lowest BCUT2D eigenvalue weighted by Crippen LogP contribution is -2.34. The summed E-state index contributed by atoms with van der Waals surface area (Å²) in [4.78, 5) is 11.4. The van der Waals surface area contributed by atoms with Crippen LogP contribution in [0.25, 0.3) is 0 Å². The molecule has 0 saturated heterocycles. The highest BCUT2D eigenvalue weighted by Crippen LogP contribution is 2.51. The van der Waals surface area contributed by atoms with E-state index in [1.165, 1.54) is 0 Å². The lowest BCUT2D eigenvalue weighted by Gasteiger charge is -2.17. The highest BCUT2D eigenvalue weighted by Gasteiger charge is 2.24. The fraction of sp³-hybridized carbons (Fsp3) is 0.562. The van der Waals surface area contributed by atoms with E-state index in [1.54, 1.807) is 27.8 Å². The fourth-order valence-corrected chi connectivity index (χ4v) is 3.91. The largest absolute Gasteiger partial charge is 0.335 e. The first-order valence-corrected chi connectivity index (χ1v) is 9.30. The summed E-state index contributed by atoms with van der Waals surface area (Å²) < 4.78 is 23.1. The van der Waals surface area contributed by atoms with E-state index in [2.05, 4.69) is 5.32 Å². The highest BCUT2D eigenvalue weighted by molar-refractivity contribution is 7.53. The van der Waals surface area contributed by atoms with E-state index < -0.39 is 7.60 Å². The third-order valence-corrected chi connectivity index (χ3v) is 5.39. The van der Waals surface area contributed by atoms with Crippen LogP contribution in [-0.4, -0.2) is 32.1 Å². The molecule has 0 aliphatic carbocycles. The van der Waals surface area contributed by atoms with Crippen LogP contribution in [0.5, 0.6) is 0 Å². The molecule has 0 fully saturated rings. The van der Waals surface area contributed by atoms with Gasteiger partial charge in [-0.2, -0.15) is 0 Å². The maximum absolute atomic E-state index is 12.5. The Balaban J connectivity index is 2.75. The maximum Gasteiger partial charge on any atom is 0.335 e. The molecule has 5 nitrogen and oxygen atoms in total. The number of ketones is 1. The number of carbonyl (C=O) groups excluding carboxylic acids is 1. The van der Waals surface area contributed by atoms with Crippen molar-refractivity contribution in [3.8, 4) is 0 Å². The van der Waals surface area contributed by atoms with Gasteiger partial charge in [0.25, 0.3) is 0 Å². The molecule has 0 aliphatic rings. The molecule has 0 saturated carbocycles. The molecule has 0 bridgehead atoms. The summed E-state index contributed by atoms with van der Waals surface area (Å²) in [6.07, 6.45) is 0.901. The Morgan fingerprint density at radius 1 is 1.14 bits per heavy atom. The number of Topliss-reactive ketones (excluding diaryl/α,β-unsaturated/α-hetero) is 1. The summed E-state index contributed by atoms with van der Waals surface area (Å²) in [6.45, 7) is 5.90. The van der Waals surface area contributed by atoms with Crippen LogP contribution in [0, 0.1) is 0 Å². The van der Waals surface area contributed by atoms with Gasteiger partial charge in [0.15, 0.2) is 0 Å². The number of carbonyl (C=O) groups is 1. The molecule has 0 radical (unpaired) electrons. The molecular formula is C16H26NO4P. The van der Waals surface area contributed by atoms with E-state index in [-0.39, 0.29) is 18.0 Å². The van der Waals surface area contributed by atoms with Crippen LogP contribution in [-0.2, 0) is 31.0 Å². The number of hydrogen-bond acceptors (Lipinski definition) is 5. The lowest BCUT2D eigenvalue weighted by molar-refractivity contribution is -0.118. The number of benzene rings is 1. The summed E-state index contributed by atoms with van der Waals surface area (Å²) in [5.41, 5.74) is 1.96. The van der Waals surface area contributed by atoms with Crippen LogP contribution in [0.4, 0.5) is 0 Å². The van der Waals surface area contributed by atoms with E-state index in [4.69, 9.17) is 9.05 Å². The smallest absolute Gasteiger partial charge is 0.310 e. The third-order valence-electron chi connectivity index (χ3n) is 3.33. The number of hydrogen-bond donors (Lipinski definition) is 1.